The van der Waals surface area contributed by atoms with Crippen LogP contribution in [0.1, 0.15) is 33.1 Å². The number of likely N-dealkylation sites (tertiary alicyclic amines) is 1. The van der Waals surface area contributed by atoms with Crippen LogP contribution in [0.4, 0.5) is 4.79 Å². The van der Waals surface area contributed by atoms with Crippen LogP contribution in [0.3, 0.4) is 0 Å². The summed E-state index contributed by atoms with van der Waals surface area (Å²) in [6, 6.07) is 0.206. The van der Waals surface area contributed by atoms with Gasteiger partial charge in [-0.25, -0.2) is 4.79 Å². The molecule has 0 spiro atoms. The summed E-state index contributed by atoms with van der Waals surface area (Å²) in [5.41, 5.74) is 5.55. The zero-order valence-corrected chi connectivity index (χ0v) is 13.4. The van der Waals surface area contributed by atoms with Crippen LogP contribution >= 0.6 is 12.2 Å². The fourth-order valence-corrected chi connectivity index (χ4v) is 3.03. The first-order chi connectivity index (χ1) is 9.43. The van der Waals surface area contributed by atoms with Crippen molar-refractivity contribution in [1.82, 2.24) is 14.7 Å². The van der Waals surface area contributed by atoms with Crippen LogP contribution in [-0.2, 0) is 0 Å². The van der Waals surface area contributed by atoms with E-state index < -0.39 is 0 Å². The number of hydrogen-bond donors (Lipinski definition) is 1. The molecule has 2 saturated heterocycles. The third-order valence-electron chi connectivity index (χ3n) is 4.57. The van der Waals surface area contributed by atoms with E-state index >= 15 is 0 Å². The molecule has 2 rings (SSSR count). The highest BCUT2D eigenvalue weighted by atomic mass is 32.1. The number of piperidine rings is 1. The van der Waals surface area contributed by atoms with Gasteiger partial charge in [-0.1, -0.05) is 12.2 Å². The summed E-state index contributed by atoms with van der Waals surface area (Å²) in [5.74, 6) is 0. The first-order valence-corrected chi connectivity index (χ1v) is 7.92. The van der Waals surface area contributed by atoms with E-state index in [-0.39, 0.29) is 11.6 Å². The normalized spacial score (nSPS) is 21.9. The van der Waals surface area contributed by atoms with Gasteiger partial charge in [0.25, 0.3) is 0 Å². The highest BCUT2D eigenvalue weighted by Gasteiger charge is 2.34. The van der Waals surface area contributed by atoms with E-state index in [9.17, 15) is 4.79 Å². The van der Waals surface area contributed by atoms with E-state index in [4.69, 9.17) is 18.0 Å². The number of nitrogens with two attached hydrogens (primary N) is 1. The number of carbonyl (C=O) groups is 1. The molecule has 5 nitrogen and oxygen atoms in total. The van der Waals surface area contributed by atoms with E-state index in [1.807, 2.05) is 9.80 Å². The zero-order chi connectivity index (χ0) is 14.8. The number of piperazine rings is 1. The lowest BCUT2D eigenvalue weighted by atomic mass is 10.0. The Balaban J connectivity index is 1.87. The fraction of sp³-hybridized carbons (Fsp3) is 0.857. The second-order valence-electron chi connectivity index (χ2n) is 6.23. The van der Waals surface area contributed by atoms with Gasteiger partial charge in [-0.3, -0.25) is 4.90 Å². The molecule has 6 heteroatoms. The highest BCUT2D eigenvalue weighted by molar-refractivity contribution is 7.80. The standard InChI is InChI=1S/C14H26N4OS/c1-14(2,12(15)20)18-10-8-17(9-11-18)13(19)16-6-4-3-5-7-16/h3-11H2,1-2H3,(H2,15,20). The molecule has 20 heavy (non-hydrogen) atoms. The van der Waals surface area contributed by atoms with Crippen molar-refractivity contribution in [3.8, 4) is 0 Å². The lowest BCUT2D eigenvalue weighted by molar-refractivity contribution is 0.0803. The van der Waals surface area contributed by atoms with E-state index in [0.717, 1.165) is 52.1 Å². The minimum absolute atomic E-state index is 0.206. The molecule has 114 valence electrons. The Hall–Kier alpha value is -0.880. The van der Waals surface area contributed by atoms with Gasteiger partial charge in [-0.05, 0) is 33.1 Å². The van der Waals surface area contributed by atoms with E-state index in [1.54, 1.807) is 0 Å². The molecule has 0 aromatic rings. The summed E-state index contributed by atoms with van der Waals surface area (Å²) in [4.78, 5) is 19.2. The van der Waals surface area contributed by atoms with Gasteiger partial charge in [0.05, 0.1) is 10.5 Å². The van der Waals surface area contributed by atoms with Crippen LogP contribution in [-0.4, -0.2) is 70.5 Å². The summed E-state index contributed by atoms with van der Waals surface area (Å²) in [6.45, 7) is 9.14. The third-order valence-corrected chi connectivity index (χ3v) is 5.07. The number of rotatable bonds is 2. The molecule has 0 saturated carbocycles. The Morgan fingerprint density at radius 3 is 1.95 bits per heavy atom. The third kappa shape index (κ3) is 3.23. The summed E-state index contributed by atoms with van der Waals surface area (Å²) < 4.78 is 0. The summed E-state index contributed by atoms with van der Waals surface area (Å²) in [5, 5.41) is 0. The van der Waals surface area contributed by atoms with Gasteiger partial charge in [0.1, 0.15) is 0 Å². The van der Waals surface area contributed by atoms with Crippen molar-refractivity contribution in [3.05, 3.63) is 0 Å². The number of hydrogen-bond acceptors (Lipinski definition) is 3. The van der Waals surface area contributed by atoms with Crippen LogP contribution in [0.2, 0.25) is 0 Å². The maximum atomic E-state index is 12.4. The van der Waals surface area contributed by atoms with Crippen LogP contribution in [0.5, 0.6) is 0 Å². The van der Waals surface area contributed by atoms with Crippen molar-refractivity contribution in [2.45, 2.75) is 38.6 Å². The molecular weight excluding hydrogens is 272 g/mol. The van der Waals surface area contributed by atoms with Gasteiger partial charge in [0.15, 0.2) is 0 Å². The topological polar surface area (TPSA) is 52.8 Å². The maximum absolute atomic E-state index is 12.4. The molecule has 0 aromatic heterocycles. The first kappa shape index (κ1) is 15.5. The molecule has 2 N–H and O–H groups in total. The molecular formula is C14H26N4OS. The number of carbonyl (C=O) groups excluding carboxylic acids is 1. The summed E-state index contributed by atoms with van der Waals surface area (Å²) in [7, 11) is 0. The smallest absolute Gasteiger partial charge is 0.320 e. The maximum Gasteiger partial charge on any atom is 0.320 e. The van der Waals surface area contributed by atoms with Gasteiger partial charge in [0, 0.05) is 39.3 Å². The Labute approximate surface area is 127 Å². The largest absolute Gasteiger partial charge is 0.392 e. The monoisotopic (exact) mass is 298 g/mol. The molecule has 0 atom stereocenters. The minimum Gasteiger partial charge on any atom is -0.392 e. The van der Waals surface area contributed by atoms with Gasteiger partial charge in [0.2, 0.25) is 0 Å². The molecule has 0 bridgehead atoms. The van der Waals surface area contributed by atoms with Crippen molar-refractivity contribution in [1.29, 1.82) is 0 Å². The summed E-state index contributed by atoms with van der Waals surface area (Å²) in [6.07, 6.45) is 3.53. The van der Waals surface area contributed by atoms with Gasteiger partial charge in [-0.15, -0.1) is 0 Å². The molecule has 0 radical (unpaired) electrons. The lowest BCUT2D eigenvalue weighted by Crippen LogP contribution is -2.61. The molecule has 2 heterocycles. The quantitative estimate of drug-likeness (QED) is 0.780. The van der Waals surface area contributed by atoms with E-state index in [1.165, 1.54) is 6.42 Å². The Bertz CT molecular complexity index is 371. The lowest BCUT2D eigenvalue weighted by Gasteiger charge is -2.44. The first-order valence-electron chi connectivity index (χ1n) is 7.52. The fourth-order valence-electron chi connectivity index (χ4n) is 2.90. The predicted molar refractivity (Wildman–Crippen MR) is 84.8 cm³/mol. The van der Waals surface area contributed by atoms with E-state index in [0.29, 0.717) is 4.99 Å². The van der Waals surface area contributed by atoms with Crippen LogP contribution in [0, 0.1) is 0 Å². The minimum atomic E-state index is -0.268. The van der Waals surface area contributed by atoms with Crippen molar-refractivity contribution < 1.29 is 4.79 Å². The Kier molecular flexibility index (Phi) is 4.86. The molecule has 2 fully saturated rings. The number of thiocarbonyl (C=S) groups is 1. The molecule has 2 aliphatic rings. The second kappa shape index (κ2) is 6.26. The van der Waals surface area contributed by atoms with Crippen molar-refractivity contribution in [2.75, 3.05) is 39.3 Å². The average Bonchev–Trinajstić information content (AvgIpc) is 2.47. The average molecular weight is 298 g/mol. The van der Waals surface area contributed by atoms with Gasteiger partial charge >= 0.3 is 6.03 Å². The predicted octanol–water partition coefficient (Wildman–Crippen LogP) is 1.27. The van der Waals surface area contributed by atoms with Gasteiger partial charge < -0.3 is 15.5 Å². The number of urea groups is 1. The SMILES string of the molecule is CC(C)(C(N)=S)N1CCN(C(=O)N2CCCCC2)CC1. The van der Waals surface area contributed by atoms with Crippen molar-refractivity contribution in [2.24, 2.45) is 5.73 Å². The zero-order valence-electron chi connectivity index (χ0n) is 12.6. The second-order valence-corrected chi connectivity index (χ2v) is 6.67. The van der Waals surface area contributed by atoms with Crippen LogP contribution in [0.15, 0.2) is 0 Å². The molecule has 0 aliphatic carbocycles. The highest BCUT2D eigenvalue weighted by Crippen LogP contribution is 2.19. The number of amides is 2. The van der Waals surface area contributed by atoms with E-state index in [2.05, 4.69) is 18.7 Å². The van der Waals surface area contributed by atoms with Crippen molar-refractivity contribution in [3.63, 3.8) is 0 Å². The number of nitrogens with zero attached hydrogens (tertiary/aromatic N) is 3. The Morgan fingerprint density at radius 1 is 0.950 bits per heavy atom. The Morgan fingerprint density at radius 2 is 1.45 bits per heavy atom. The van der Waals surface area contributed by atoms with Gasteiger partial charge in [-0.2, -0.15) is 0 Å². The molecule has 2 aliphatic heterocycles. The van der Waals surface area contributed by atoms with Crippen LogP contribution < -0.4 is 5.73 Å². The summed E-state index contributed by atoms with van der Waals surface area (Å²) >= 11 is 5.14. The molecule has 0 unspecified atom stereocenters. The van der Waals surface area contributed by atoms with Crippen LogP contribution in [0.25, 0.3) is 0 Å². The molecule has 2 amide bonds. The molecule has 0 aromatic carbocycles. The van der Waals surface area contributed by atoms with Crippen molar-refractivity contribution >= 4 is 23.2 Å².